The molecule has 0 unspecified atom stereocenters. The number of aromatic nitrogens is 2. The van der Waals surface area contributed by atoms with E-state index in [-0.39, 0.29) is 0 Å². The monoisotopic (exact) mass is 149 g/mol. The standard InChI is InChI=1S/C8H11N3/c1-7-6-11(3)8(10-7)4-5-9-2/h4-6H,2H2,1,3H3/b5-4-. The van der Waals surface area contributed by atoms with Crippen LogP contribution in [0.1, 0.15) is 11.5 Å². The molecule has 0 amide bonds. The molecule has 0 atom stereocenters. The van der Waals surface area contributed by atoms with Gasteiger partial charge in [-0.15, -0.1) is 0 Å². The van der Waals surface area contributed by atoms with E-state index in [1.807, 2.05) is 30.8 Å². The van der Waals surface area contributed by atoms with E-state index in [0.29, 0.717) is 0 Å². The van der Waals surface area contributed by atoms with Crippen LogP contribution in [0.4, 0.5) is 0 Å². The van der Waals surface area contributed by atoms with Gasteiger partial charge in [-0.05, 0) is 19.7 Å². The predicted molar refractivity (Wildman–Crippen MR) is 46.5 cm³/mol. The fourth-order valence-electron chi connectivity index (χ4n) is 0.909. The molecule has 0 N–H and O–H groups in total. The van der Waals surface area contributed by atoms with E-state index < -0.39 is 0 Å². The van der Waals surface area contributed by atoms with Crippen LogP contribution in [0, 0.1) is 6.92 Å². The van der Waals surface area contributed by atoms with Crippen LogP contribution in [0.5, 0.6) is 0 Å². The number of nitrogens with zero attached hydrogens (tertiary/aromatic N) is 3. The van der Waals surface area contributed by atoms with Gasteiger partial charge in [0.05, 0.1) is 5.69 Å². The van der Waals surface area contributed by atoms with E-state index in [2.05, 4.69) is 16.7 Å². The first kappa shape index (κ1) is 7.72. The maximum Gasteiger partial charge on any atom is 0.134 e. The molecule has 11 heavy (non-hydrogen) atoms. The second-order valence-electron chi connectivity index (χ2n) is 2.35. The van der Waals surface area contributed by atoms with Gasteiger partial charge >= 0.3 is 0 Å². The van der Waals surface area contributed by atoms with E-state index in [4.69, 9.17) is 0 Å². The molecule has 0 radical (unpaired) electrons. The summed E-state index contributed by atoms with van der Waals surface area (Å²) in [4.78, 5) is 7.83. The minimum atomic E-state index is 0.898. The van der Waals surface area contributed by atoms with Crippen molar-refractivity contribution in [3.05, 3.63) is 23.9 Å². The highest BCUT2D eigenvalue weighted by atomic mass is 15.0. The summed E-state index contributed by atoms with van der Waals surface area (Å²) < 4.78 is 1.94. The van der Waals surface area contributed by atoms with E-state index >= 15 is 0 Å². The maximum atomic E-state index is 4.24. The first-order chi connectivity index (χ1) is 5.24. The van der Waals surface area contributed by atoms with Crippen LogP contribution in [0.15, 0.2) is 17.4 Å². The molecule has 3 nitrogen and oxygen atoms in total. The Hall–Kier alpha value is -1.38. The molecule has 0 aromatic carbocycles. The molecule has 1 aromatic heterocycles. The summed E-state index contributed by atoms with van der Waals surface area (Å²) in [5.74, 6) is 0.898. The van der Waals surface area contributed by atoms with Crippen LogP contribution in [0.25, 0.3) is 6.08 Å². The number of hydrogen-bond donors (Lipinski definition) is 0. The van der Waals surface area contributed by atoms with Crippen LogP contribution < -0.4 is 0 Å². The molecule has 0 bridgehead atoms. The number of aliphatic imine (C=N–C) groups is 1. The van der Waals surface area contributed by atoms with Crippen molar-refractivity contribution in [2.75, 3.05) is 0 Å². The largest absolute Gasteiger partial charge is 0.334 e. The third-order valence-electron chi connectivity index (χ3n) is 1.36. The quantitative estimate of drug-likeness (QED) is 0.584. The summed E-state index contributed by atoms with van der Waals surface area (Å²) >= 11 is 0. The fourth-order valence-corrected chi connectivity index (χ4v) is 0.909. The summed E-state index contributed by atoms with van der Waals surface area (Å²) in [6, 6.07) is 0. The van der Waals surface area contributed by atoms with Crippen molar-refractivity contribution in [1.82, 2.24) is 9.55 Å². The molecule has 3 heteroatoms. The second kappa shape index (κ2) is 3.14. The Morgan fingerprint density at radius 2 is 2.45 bits per heavy atom. The van der Waals surface area contributed by atoms with Gasteiger partial charge in [-0.1, -0.05) is 0 Å². The lowest BCUT2D eigenvalue weighted by atomic mass is 10.5. The molecule has 58 valence electrons. The Labute approximate surface area is 66.1 Å². The number of rotatable bonds is 2. The summed E-state index contributed by atoms with van der Waals surface area (Å²) in [5.41, 5.74) is 1.01. The Morgan fingerprint density at radius 3 is 2.91 bits per heavy atom. The Bertz CT molecular complexity index is 284. The zero-order valence-corrected chi connectivity index (χ0v) is 6.78. The lowest BCUT2D eigenvalue weighted by molar-refractivity contribution is 0.897. The highest BCUT2D eigenvalue weighted by Gasteiger charge is 1.95. The van der Waals surface area contributed by atoms with Gasteiger partial charge in [0.1, 0.15) is 5.82 Å². The topological polar surface area (TPSA) is 30.2 Å². The van der Waals surface area contributed by atoms with E-state index in [1.165, 1.54) is 0 Å². The van der Waals surface area contributed by atoms with E-state index in [0.717, 1.165) is 11.5 Å². The third kappa shape index (κ3) is 1.77. The van der Waals surface area contributed by atoms with Crippen molar-refractivity contribution in [3.8, 4) is 0 Å². The van der Waals surface area contributed by atoms with Crippen LogP contribution in [-0.2, 0) is 7.05 Å². The maximum absolute atomic E-state index is 4.24. The van der Waals surface area contributed by atoms with Crippen molar-refractivity contribution in [2.45, 2.75) is 6.92 Å². The molecular formula is C8H11N3. The lowest BCUT2D eigenvalue weighted by Gasteiger charge is -1.90. The Balaban J connectivity index is 2.93. The summed E-state index contributed by atoms with van der Waals surface area (Å²) in [5, 5.41) is 0. The average Bonchev–Trinajstić information content (AvgIpc) is 2.26. The molecule has 0 fully saturated rings. The van der Waals surface area contributed by atoms with Crippen molar-refractivity contribution in [1.29, 1.82) is 0 Å². The summed E-state index contributed by atoms with van der Waals surface area (Å²) in [6.45, 7) is 5.30. The Morgan fingerprint density at radius 1 is 1.73 bits per heavy atom. The van der Waals surface area contributed by atoms with Crippen LogP contribution in [0.3, 0.4) is 0 Å². The van der Waals surface area contributed by atoms with Crippen molar-refractivity contribution in [3.63, 3.8) is 0 Å². The van der Waals surface area contributed by atoms with Crippen LogP contribution >= 0.6 is 0 Å². The molecular weight excluding hydrogens is 138 g/mol. The van der Waals surface area contributed by atoms with Gasteiger partial charge in [-0.2, -0.15) is 0 Å². The minimum Gasteiger partial charge on any atom is -0.334 e. The molecule has 0 spiro atoms. The molecule has 0 saturated carbocycles. The van der Waals surface area contributed by atoms with E-state index in [9.17, 15) is 0 Å². The van der Waals surface area contributed by atoms with Crippen molar-refractivity contribution < 1.29 is 0 Å². The van der Waals surface area contributed by atoms with Gasteiger partial charge in [0.15, 0.2) is 0 Å². The van der Waals surface area contributed by atoms with Crippen molar-refractivity contribution >= 4 is 12.8 Å². The predicted octanol–water partition coefficient (Wildman–Crippen LogP) is 1.40. The van der Waals surface area contributed by atoms with E-state index in [1.54, 1.807) is 6.20 Å². The SMILES string of the molecule is C=N/C=C\c1nc(C)cn1C. The normalized spacial score (nSPS) is 10.7. The molecule has 1 heterocycles. The summed E-state index contributed by atoms with van der Waals surface area (Å²) in [6.07, 6.45) is 5.41. The van der Waals surface area contributed by atoms with Crippen LogP contribution in [-0.4, -0.2) is 16.3 Å². The van der Waals surface area contributed by atoms with Gasteiger partial charge < -0.3 is 4.57 Å². The van der Waals surface area contributed by atoms with Crippen molar-refractivity contribution in [2.24, 2.45) is 12.0 Å². The zero-order valence-electron chi connectivity index (χ0n) is 6.78. The fraction of sp³-hybridized carbons (Fsp3) is 0.250. The van der Waals surface area contributed by atoms with Crippen LogP contribution in [0.2, 0.25) is 0 Å². The number of hydrogen-bond acceptors (Lipinski definition) is 2. The second-order valence-corrected chi connectivity index (χ2v) is 2.35. The highest BCUT2D eigenvalue weighted by molar-refractivity contribution is 5.42. The average molecular weight is 149 g/mol. The first-order valence-electron chi connectivity index (χ1n) is 3.36. The molecule has 1 rings (SSSR count). The molecule has 0 aliphatic carbocycles. The number of aryl methyl sites for hydroxylation is 2. The minimum absolute atomic E-state index is 0.898. The first-order valence-corrected chi connectivity index (χ1v) is 3.36. The highest BCUT2D eigenvalue weighted by Crippen LogP contribution is 2.01. The molecule has 0 aliphatic rings. The molecule has 0 aliphatic heterocycles. The third-order valence-corrected chi connectivity index (χ3v) is 1.36. The van der Waals surface area contributed by atoms with Gasteiger partial charge in [-0.25, -0.2) is 4.98 Å². The van der Waals surface area contributed by atoms with Gasteiger partial charge in [0.2, 0.25) is 0 Å². The van der Waals surface area contributed by atoms with Gasteiger partial charge in [-0.3, -0.25) is 4.99 Å². The Kier molecular flexibility index (Phi) is 2.21. The summed E-state index contributed by atoms with van der Waals surface area (Å²) in [7, 11) is 1.95. The molecule has 0 saturated heterocycles. The zero-order chi connectivity index (χ0) is 8.27. The smallest absolute Gasteiger partial charge is 0.134 e. The lowest BCUT2D eigenvalue weighted by Crippen LogP contribution is -1.88. The molecule has 1 aromatic rings. The number of imidazole rings is 1. The van der Waals surface area contributed by atoms with Gasteiger partial charge in [0.25, 0.3) is 0 Å². The van der Waals surface area contributed by atoms with Gasteiger partial charge in [0, 0.05) is 19.4 Å².